The molecule has 0 aliphatic rings. The van der Waals surface area contributed by atoms with Gasteiger partial charge in [0.1, 0.15) is 0 Å². The molecular formula is C9H17IO2. The van der Waals surface area contributed by atoms with Crippen molar-refractivity contribution >= 4 is 29.9 Å². The van der Waals surface area contributed by atoms with E-state index in [1.165, 1.54) is 12.8 Å². The van der Waals surface area contributed by atoms with Crippen LogP contribution >= 0.6 is 24.0 Å². The van der Waals surface area contributed by atoms with Crippen molar-refractivity contribution in [2.75, 3.05) is 0 Å². The van der Waals surface area contributed by atoms with Gasteiger partial charge in [0.2, 0.25) is 0 Å². The standard InChI is InChI=1S/C9H16O2.HI/c1-3-4-5-6-7-8(2)9(10)11;/h7H,3-6H2,1-2H3,(H,10,11);1H/b8-7-;. The minimum absolute atomic E-state index is 0. The molecule has 0 unspecified atom stereocenters. The van der Waals surface area contributed by atoms with Gasteiger partial charge in [-0.15, -0.1) is 24.0 Å². The van der Waals surface area contributed by atoms with Gasteiger partial charge in [-0.3, -0.25) is 0 Å². The summed E-state index contributed by atoms with van der Waals surface area (Å²) in [6.07, 6.45) is 6.15. The molecule has 0 amide bonds. The lowest BCUT2D eigenvalue weighted by atomic mass is 10.1. The van der Waals surface area contributed by atoms with Gasteiger partial charge < -0.3 is 5.11 Å². The van der Waals surface area contributed by atoms with Crippen LogP contribution in [0.2, 0.25) is 0 Å². The predicted molar refractivity (Wildman–Crippen MR) is 60.9 cm³/mol. The maximum Gasteiger partial charge on any atom is 0.330 e. The number of hydrogen-bond acceptors (Lipinski definition) is 1. The lowest BCUT2D eigenvalue weighted by molar-refractivity contribution is -0.132. The molecule has 0 saturated carbocycles. The fourth-order valence-electron chi connectivity index (χ4n) is 0.800. The molecule has 0 aliphatic carbocycles. The Kier molecular flexibility index (Phi) is 10.9. The quantitative estimate of drug-likeness (QED) is 0.478. The van der Waals surface area contributed by atoms with Gasteiger partial charge in [0.25, 0.3) is 0 Å². The van der Waals surface area contributed by atoms with Crippen molar-refractivity contribution in [1.82, 2.24) is 0 Å². The Labute approximate surface area is 91.1 Å². The first-order valence-corrected chi connectivity index (χ1v) is 4.08. The number of carboxylic acids is 1. The lowest BCUT2D eigenvalue weighted by Gasteiger charge is -1.93. The molecule has 0 aromatic rings. The summed E-state index contributed by atoms with van der Waals surface area (Å²) in [5.41, 5.74) is 0.459. The highest BCUT2D eigenvalue weighted by Gasteiger charge is 1.96. The average Bonchev–Trinajstić information content (AvgIpc) is 1.97. The van der Waals surface area contributed by atoms with Crippen molar-refractivity contribution in [2.45, 2.75) is 39.5 Å². The second kappa shape index (κ2) is 9.03. The van der Waals surface area contributed by atoms with Crippen LogP contribution in [0.15, 0.2) is 11.6 Å². The topological polar surface area (TPSA) is 37.3 Å². The van der Waals surface area contributed by atoms with Gasteiger partial charge in [-0.05, 0) is 19.8 Å². The first-order chi connectivity index (χ1) is 5.18. The van der Waals surface area contributed by atoms with Crippen LogP contribution in [-0.4, -0.2) is 11.1 Å². The van der Waals surface area contributed by atoms with Crippen LogP contribution < -0.4 is 0 Å². The monoisotopic (exact) mass is 284 g/mol. The van der Waals surface area contributed by atoms with Crippen LogP contribution in [0, 0.1) is 0 Å². The Hall–Kier alpha value is -0.0600. The minimum atomic E-state index is -0.804. The SMILES string of the molecule is CCCCC/C=C(/C)C(=O)O.I. The summed E-state index contributed by atoms with van der Waals surface area (Å²) in [4.78, 5) is 10.3. The van der Waals surface area contributed by atoms with Crippen molar-refractivity contribution in [1.29, 1.82) is 0 Å². The molecule has 0 fully saturated rings. The van der Waals surface area contributed by atoms with Crippen molar-refractivity contribution in [3.05, 3.63) is 11.6 Å². The average molecular weight is 284 g/mol. The molecule has 0 heterocycles. The second-order valence-corrected chi connectivity index (χ2v) is 2.69. The van der Waals surface area contributed by atoms with E-state index in [-0.39, 0.29) is 24.0 Å². The Balaban J connectivity index is 0. The van der Waals surface area contributed by atoms with Gasteiger partial charge in [0.15, 0.2) is 0 Å². The minimum Gasteiger partial charge on any atom is -0.478 e. The van der Waals surface area contributed by atoms with Crippen LogP contribution in [0.1, 0.15) is 39.5 Å². The molecule has 0 radical (unpaired) electrons. The number of unbranched alkanes of at least 4 members (excludes halogenated alkanes) is 3. The van der Waals surface area contributed by atoms with E-state index in [9.17, 15) is 4.79 Å². The maximum atomic E-state index is 10.3. The zero-order valence-corrected chi connectivity index (χ0v) is 10.00. The molecule has 0 atom stereocenters. The molecule has 12 heavy (non-hydrogen) atoms. The van der Waals surface area contributed by atoms with Gasteiger partial charge in [-0.1, -0.05) is 25.8 Å². The molecule has 0 saturated heterocycles. The van der Waals surface area contributed by atoms with Crippen LogP contribution in [0.5, 0.6) is 0 Å². The molecular weight excluding hydrogens is 267 g/mol. The molecule has 0 rings (SSSR count). The summed E-state index contributed by atoms with van der Waals surface area (Å²) in [6, 6.07) is 0. The number of halogens is 1. The van der Waals surface area contributed by atoms with E-state index < -0.39 is 5.97 Å². The number of rotatable bonds is 5. The fourth-order valence-corrected chi connectivity index (χ4v) is 0.800. The third kappa shape index (κ3) is 8.04. The second-order valence-electron chi connectivity index (χ2n) is 2.69. The molecule has 0 bridgehead atoms. The Bertz CT molecular complexity index is 153. The molecule has 0 aromatic carbocycles. The highest BCUT2D eigenvalue weighted by atomic mass is 127. The van der Waals surface area contributed by atoms with E-state index in [0.717, 1.165) is 12.8 Å². The summed E-state index contributed by atoms with van der Waals surface area (Å²) in [6.45, 7) is 3.77. The largest absolute Gasteiger partial charge is 0.478 e. The maximum absolute atomic E-state index is 10.3. The Morgan fingerprint density at radius 3 is 2.42 bits per heavy atom. The highest BCUT2D eigenvalue weighted by Crippen LogP contribution is 2.02. The summed E-state index contributed by atoms with van der Waals surface area (Å²) < 4.78 is 0. The third-order valence-corrected chi connectivity index (χ3v) is 1.60. The van der Waals surface area contributed by atoms with Gasteiger partial charge in [0.05, 0.1) is 0 Å². The van der Waals surface area contributed by atoms with Crippen LogP contribution in [0.3, 0.4) is 0 Å². The fraction of sp³-hybridized carbons (Fsp3) is 0.667. The lowest BCUT2D eigenvalue weighted by Crippen LogP contribution is -1.95. The van der Waals surface area contributed by atoms with Crippen molar-refractivity contribution < 1.29 is 9.90 Å². The van der Waals surface area contributed by atoms with E-state index in [1.807, 2.05) is 0 Å². The Morgan fingerprint density at radius 1 is 1.42 bits per heavy atom. The molecule has 3 heteroatoms. The third-order valence-electron chi connectivity index (χ3n) is 1.60. The molecule has 0 aliphatic heterocycles. The van der Waals surface area contributed by atoms with Gasteiger partial charge in [-0.25, -0.2) is 4.79 Å². The summed E-state index contributed by atoms with van der Waals surface area (Å²) in [7, 11) is 0. The van der Waals surface area contributed by atoms with Gasteiger partial charge in [0, 0.05) is 5.57 Å². The van der Waals surface area contributed by atoms with Gasteiger partial charge >= 0.3 is 5.97 Å². The first kappa shape index (κ1) is 14.5. The van der Waals surface area contributed by atoms with Crippen LogP contribution in [-0.2, 0) is 4.79 Å². The zero-order valence-electron chi connectivity index (χ0n) is 7.67. The molecule has 0 aromatic heterocycles. The number of carboxylic acid groups (broad SMARTS) is 1. The smallest absolute Gasteiger partial charge is 0.330 e. The molecule has 1 N–H and O–H groups in total. The van der Waals surface area contributed by atoms with E-state index >= 15 is 0 Å². The van der Waals surface area contributed by atoms with E-state index in [2.05, 4.69) is 6.92 Å². The molecule has 0 spiro atoms. The summed E-state index contributed by atoms with van der Waals surface area (Å²) >= 11 is 0. The van der Waals surface area contributed by atoms with Gasteiger partial charge in [-0.2, -0.15) is 0 Å². The first-order valence-electron chi connectivity index (χ1n) is 4.08. The van der Waals surface area contributed by atoms with E-state index in [0.29, 0.717) is 5.57 Å². The zero-order chi connectivity index (χ0) is 8.69. The number of hydrogen-bond donors (Lipinski definition) is 1. The molecule has 2 nitrogen and oxygen atoms in total. The van der Waals surface area contributed by atoms with Crippen LogP contribution in [0.4, 0.5) is 0 Å². The normalized spacial score (nSPS) is 10.7. The molecule has 72 valence electrons. The number of carbonyl (C=O) groups is 1. The highest BCUT2D eigenvalue weighted by molar-refractivity contribution is 14.0. The Morgan fingerprint density at radius 2 is 2.00 bits per heavy atom. The van der Waals surface area contributed by atoms with E-state index in [4.69, 9.17) is 5.11 Å². The van der Waals surface area contributed by atoms with Crippen molar-refractivity contribution in [2.24, 2.45) is 0 Å². The summed E-state index contributed by atoms with van der Waals surface area (Å²) in [5.74, 6) is -0.804. The van der Waals surface area contributed by atoms with Crippen molar-refractivity contribution in [3.8, 4) is 0 Å². The van der Waals surface area contributed by atoms with E-state index in [1.54, 1.807) is 13.0 Å². The van der Waals surface area contributed by atoms with Crippen LogP contribution in [0.25, 0.3) is 0 Å². The summed E-state index contributed by atoms with van der Waals surface area (Å²) in [5, 5.41) is 8.47. The van der Waals surface area contributed by atoms with Crippen molar-refractivity contribution in [3.63, 3.8) is 0 Å². The number of aliphatic carboxylic acids is 1. The number of allylic oxidation sites excluding steroid dienone is 1. The predicted octanol–water partition coefficient (Wildman–Crippen LogP) is 3.22.